The molecule has 8 nitrogen and oxygen atoms in total. The molecular formula is C19H22ClN4O4+. The Morgan fingerprint density at radius 2 is 1.96 bits per heavy atom. The average Bonchev–Trinajstić information content (AvgIpc) is 2.69. The molecule has 0 radical (unpaired) electrons. The SMILES string of the molecule is C[C@@H](C(=O)Nc1ccc([N+](=O)[O-])cc1Cl)[NH+]1CCN(c2ccccc2O)CC1. The Kier molecular flexibility index (Phi) is 6.01. The van der Waals surface area contributed by atoms with E-state index in [1.54, 1.807) is 12.1 Å². The smallest absolute Gasteiger partial charge is 0.282 e. The third-order valence-corrected chi connectivity index (χ3v) is 5.37. The lowest BCUT2D eigenvalue weighted by Gasteiger charge is -2.36. The predicted molar refractivity (Wildman–Crippen MR) is 107 cm³/mol. The molecule has 148 valence electrons. The maximum Gasteiger partial charge on any atom is 0.282 e. The number of nitrogens with zero attached hydrogens (tertiary/aromatic N) is 2. The van der Waals surface area contributed by atoms with Crippen LogP contribution in [0.5, 0.6) is 5.75 Å². The Hall–Kier alpha value is -2.84. The number of rotatable bonds is 5. The minimum atomic E-state index is -0.533. The van der Waals surface area contributed by atoms with Crippen LogP contribution in [-0.4, -0.2) is 48.2 Å². The highest BCUT2D eigenvalue weighted by atomic mass is 35.5. The fourth-order valence-corrected chi connectivity index (χ4v) is 3.57. The molecule has 3 N–H and O–H groups in total. The highest BCUT2D eigenvalue weighted by Crippen LogP contribution is 2.27. The summed E-state index contributed by atoms with van der Waals surface area (Å²) in [5.41, 5.74) is 1.04. The first-order chi connectivity index (χ1) is 13.4. The van der Waals surface area contributed by atoms with Gasteiger partial charge in [-0.3, -0.25) is 14.9 Å². The Bertz CT molecular complexity index is 884. The quantitative estimate of drug-likeness (QED) is 0.519. The van der Waals surface area contributed by atoms with E-state index < -0.39 is 4.92 Å². The summed E-state index contributed by atoms with van der Waals surface area (Å²) in [6.45, 7) is 4.79. The van der Waals surface area contributed by atoms with Gasteiger partial charge in [0, 0.05) is 12.1 Å². The van der Waals surface area contributed by atoms with Gasteiger partial charge in [-0.2, -0.15) is 0 Å². The van der Waals surface area contributed by atoms with Crippen molar-refractivity contribution in [2.24, 2.45) is 0 Å². The van der Waals surface area contributed by atoms with Crippen molar-refractivity contribution in [2.75, 3.05) is 36.4 Å². The van der Waals surface area contributed by atoms with Crippen molar-refractivity contribution in [3.63, 3.8) is 0 Å². The number of nitro groups is 1. The Morgan fingerprint density at radius 1 is 1.29 bits per heavy atom. The number of benzene rings is 2. The van der Waals surface area contributed by atoms with Gasteiger partial charge in [-0.05, 0) is 25.1 Å². The molecule has 0 bridgehead atoms. The van der Waals surface area contributed by atoms with Crippen LogP contribution in [0.15, 0.2) is 42.5 Å². The first-order valence-corrected chi connectivity index (χ1v) is 9.37. The van der Waals surface area contributed by atoms with Crippen molar-refractivity contribution in [2.45, 2.75) is 13.0 Å². The Labute approximate surface area is 167 Å². The largest absolute Gasteiger partial charge is 0.506 e. The number of carbonyl (C=O) groups excluding carboxylic acids is 1. The summed E-state index contributed by atoms with van der Waals surface area (Å²) >= 11 is 6.05. The summed E-state index contributed by atoms with van der Waals surface area (Å²) < 4.78 is 0. The highest BCUT2D eigenvalue weighted by Gasteiger charge is 2.30. The van der Waals surface area contributed by atoms with Gasteiger partial charge in [-0.1, -0.05) is 23.7 Å². The molecule has 9 heteroatoms. The summed E-state index contributed by atoms with van der Waals surface area (Å²) in [5, 5.41) is 23.7. The molecule has 1 atom stereocenters. The zero-order valence-electron chi connectivity index (χ0n) is 15.4. The fraction of sp³-hybridized carbons (Fsp3) is 0.316. The molecule has 1 aliphatic rings. The normalized spacial score (nSPS) is 15.9. The number of non-ortho nitro benzene ring substituents is 1. The van der Waals surface area contributed by atoms with Crippen molar-refractivity contribution >= 4 is 34.6 Å². The van der Waals surface area contributed by atoms with Gasteiger partial charge in [0.05, 0.1) is 47.5 Å². The third kappa shape index (κ3) is 4.35. The number of piperazine rings is 1. The molecule has 3 rings (SSSR count). The van der Waals surface area contributed by atoms with Crippen LogP contribution in [0.1, 0.15) is 6.92 Å². The van der Waals surface area contributed by atoms with E-state index in [0.29, 0.717) is 5.69 Å². The van der Waals surface area contributed by atoms with E-state index in [-0.39, 0.29) is 28.4 Å². The second-order valence-electron chi connectivity index (χ2n) is 6.77. The minimum absolute atomic E-state index is 0.123. The molecule has 0 spiro atoms. The van der Waals surface area contributed by atoms with Gasteiger partial charge in [-0.15, -0.1) is 0 Å². The van der Waals surface area contributed by atoms with Gasteiger partial charge < -0.3 is 20.2 Å². The second-order valence-corrected chi connectivity index (χ2v) is 7.17. The van der Waals surface area contributed by atoms with Gasteiger partial charge in [0.1, 0.15) is 5.75 Å². The predicted octanol–water partition coefficient (Wildman–Crippen LogP) is 1.69. The molecule has 1 heterocycles. The number of nitro benzene ring substituents is 1. The van der Waals surface area contributed by atoms with Gasteiger partial charge >= 0.3 is 0 Å². The van der Waals surface area contributed by atoms with Crippen LogP contribution < -0.4 is 15.1 Å². The number of hydrogen-bond donors (Lipinski definition) is 3. The number of nitrogens with one attached hydrogen (secondary N) is 2. The maximum absolute atomic E-state index is 12.6. The molecule has 28 heavy (non-hydrogen) atoms. The van der Waals surface area contributed by atoms with Crippen molar-refractivity contribution < 1.29 is 19.7 Å². The minimum Gasteiger partial charge on any atom is -0.506 e. The van der Waals surface area contributed by atoms with E-state index >= 15 is 0 Å². The molecule has 0 unspecified atom stereocenters. The van der Waals surface area contributed by atoms with Gasteiger partial charge in [0.15, 0.2) is 6.04 Å². The lowest BCUT2D eigenvalue weighted by Crippen LogP contribution is -3.19. The van der Waals surface area contributed by atoms with Crippen LogP contribution >= 0.6 is 11.6 Å². The summed E-state index contributed by atoms with van der Waals surface area (Å²) in [6, 6.07) is 10.9. The molecule has 1 fully saturated rings. The molecule has 0 saturated carbocycles. The van der Waals surface area contributed by atoms with Crippen molar-refractivity contribution in [3.8, 4) is 5.75 Å². The van der Waals surface area contributed by atoms with E-state index in [9.17, 15) is 20.0 Å². The lowest BCUT2D eigenvalue weighted by atomic mass is 10.2. The number of carbonyl (C=O) groups is 1. The van der Waals surface area contributed by atoms with Crippen LogP contribution in [0.25, 0.3) is 0 Å². The molecule has 0 aromatic heterocycles. The molecule has 1 aliphatic heterocycles. The number of amides is 1. The number of quaternary nitrogens is 1. The topological polar surface area (TPSA) is 100 Å². The number of aromatic hydroxyl groups is 1. The van der Waals surface area contributed by atoms with Crippen LogP contribution in [0, 0.1) is 10.1 Å². The van der Waals surface area contributed by atoms with Gasteiger partial charge in [-0.25, -0.2) is 0 Å². The molecule has 0 aliphatic carbocycles. The summed E-state index contributed by atoms with van der Waals surface area (Å²) in [5.74, 6) is 0.0614. The standard InChI is InChI=1S/C19H21ClN4O4/c1-13(19(26)21-16-7-6-14(24(27)28)12-15(16)20)22-8-10-23(11-9-22)17-4-2-3-5-18(17)25/h2-7,12-13,25H,8-11H2,1H3,(H,21,26)/p+1/t13-/m0/s1. The Balaban J connectivity index is 1.59. The average molecular weight is 406 g/mol. The number of para-hydroxylation sites is 2. The highest BCUT2D eigenvalue weighted by molar-refractivity contribution is 6.34. The molecule has 2 aromatic carbocycles. The van der Waals surface area contributed by atoms with Gasteiger partial charge in [0.2, 0.25) is 0 Å². The first-order valence-electron chi connectivity index (χ1n) is 8.99. The zero-order valence-corrected chi connectivity index (χ0v) is 16.1. The fourth-order valence-electron chi connectivity index (χ4n) is 3.34. The monoisotopic (exact) mass is 405 g/mol. The number of halogens is 1. The number of hydrogen-bond acceptors (Lipinski definition) is 5. The third-order valence-electron chi connectivity index (χ3n) is 5.06. The van der Waals surface area contributed by atoms with E-state index in [1.807, 2.05) is 19.1 Å². The van der Waals surface area contributed by atoms with Crippen molar-refractivity contribution in [3.05, 3.63) is 57.6 Å². The molecule has 2 aromatic rings. The van der Waals surface area contributed by atoms with E-state index in [4.69, 9.17) is 11.6 Å². The molecule has 1 saturated heterocycles. The van der Waals surface area contributed by atoms with E-state index in [0.717, 1.165) is 36.8 Å². The lowest BCUT2D eigenvalue weighted by molar-refractivity contribution is -0.914. The van der Waals surface area contributed by atoms with Crippen LogP contribution in [0.3, 0.4) is 0 Å². The van der Waals surface area contributed by atoms with Gasteiger partial charge in [0.25, 0.3) is 11.6 Å². The summed E-state index contributed by atoms with van der Waals surface area (Å²) in [4.78, 5) is 26.1. The van der Waals surface area contributed by atoms with Crippen molar-refractivity contribution in [1.82, 2.24) is 0 Å². The number of phenolic OH excluding ortho intramolecular Hbond substituents is 1. The zero-order chi connectivity index (χ0) is 20.3. The van der Waals surface area contributed by atoms with E-state index in [1.165, 1.54) is 18.2 Å². The maximum atomic E-state index is 12.6. The summed E-state index contributed by atoms with van der Waals surface area (Å²) in [7, 11) is 0. The van der Waals surface area contributed by atoms with Crippen LogP contribution in [0.4, 0.5) is 17.1 Å². The number of phenols is 1. The second kappa shape index (κ2) is 8.45. The first kappa shape index (κ1) is 19.9. The Morgan fingerprint density at radius 3 is 2.57 bits per heavy atom. The molecule has 1 amide bonds. The van der Waals surface area contributed by atoms with Crippen molar-refractivity contribution in [1.29, 1.82) is 0 Å². The summed E-state index contributed by atoms with van der Waals surface area (Å²) in [6.07, 6.45) is 0. The van der Waals surface area contributed by atoms with Crippen LogP contribution in [-0.2, 0) is 4.79 Å². The number of anilines is 2. The molecular weight excluding hydrogens is 384 g/mol. The van der Waals surface area contributed by atoms with Crippen LogP contribution in [0.2, 0.25) is 5.02 Å². The van der Waals surface area contributed by atoms with E-state index in [2.05, 4.69) is 10.2 Å².